The number of nitrogens with zero attached hydrogens (tertiary/aromatic N) is 8. The van der Waals surface area contributed by atoms with Gasteiger partial charge in [-0.1, -0.05) is 24.3 Å². The van der Waals surface area contributed by atoms with E-state index in [1.165, 1.54) is 21.8 Å². The van der Waals surface area contributed by atoms with Crippen LogP contribution in [0.2, 0.25) is 0 Å². The molecule has 18 heteroatoms. The monoisotopic (exact) mass is 910 g/mol. The first-order valence-corrected chi connectivity index (χ1v) is 20.4. The summed E-state index contributed by atoms with van der Waals surface area (Å²) < 4.78 is 2.94. The predicted octanol–water partition coefficient (Wildman–Crippen LogP) is 6.69. The molecule has 2 fully saturated rings. The summed E-state index contributed by atoms with van der Waals surface area (Å²) in [6.07, 6.45) is 9.75. The van der Waals surface area contributed by atoms with Crippen LogP contribution in [-0.2, 0) is 0 Å². The zero-order valence-electron chi connectivity index (χ0n) is 35.4. The van der Waals surface area contributed by atoms with Gasteiger partial charge in [-0.2, -0.15) is 0 Å². The zero-order chi connectivity index (χ0) is 43.9. The molecule has 336 valence electrons. The molecule has 0 unspecified atom stereocenters. The highest BCUT2D eigenvalue weighted by Gasteiger charge is 2.28. The van der Waals surface area contributed by atoms with Gasteiger partial charge < -0.3 is 41.3 Å². The van der Waals surface area contributed by atoms with Gasteiger partial charge in [-0.05, 0) is 98.5 Å². The molecule has 16 nitrogen and oxygen atoms in total. The predicted molar refractivity (Wildman–Crippen MR) is 251 cm³/mol. The molecule has 8 rings (SSSR count). The second kappa shape index (κ2) is 21.4. The minimum atomic E-state index is -0.504. The molecule has 2 aliphatic heterocycles. The largest absolute Gasteiger partial charge is 0.508 e. The van der Waals surface area contributed by atoms with Crippen molar-refractivity contribution in [2.24, 2.45) is 11.5 Å². The van der Waals surface area contributed by atoms with Crippen molar-refractivity contribution in [3.8, 4) is 34.0 Å². The lowest BCUT2D eigenvalue weighted by Crippen LogP contribution is -2.46. The number of hydrogen-bond acceptors (Lipinski definition) is 10. The lowest BCUT2D eigenvalue weighted by molar-refractivity contribution is 0.0992. The maximum Gasteiger partial charge on any atom is 0.329 e. The van der Waals surface area contributed by atoms with E-state index in [-0.39, 0.29) is 60.5 Å². The number of carbonyl (C=O) groups excluding carboxylic acids is 4. The second-order valence-corrected chi connectivity index (χ2v) is 15.5. The number of rotatable bonds is 8. The first kappa shape index (κ1) is 48.0. The minimum Gasteiger partial charge on any atom is -0.508 e. The zero-order valence-corrected chi connectivity index (χ0v) is 37.1. The van der Waals surface area contributed by atoms with Crippen LogP contribution in [0.5, 0.6) is 11.5 Å². The molecule has 64 heavy (non-hydrogen) atoms. The fourth-order valence-corrected chi connectivity index (χ4v) is 7.84. The first-order chi connectivity index (χ1) is 29.8. The van der Waals surface area contributed by atoms with Crippen LogP contribution in [0.3, 0.4) is 0 Å². The van der Waals surface area contributed by atoms with E-state index in [2.05, 4.69) is 19.8 Å². The summed E-state index contributed by atoms with van der Waals surface area (Å²) in [5, 5.41) is 18.9. The number of piperidine rings is 2. The summed E-state index contributed by atoms with van der Waals surface area (Å²) in [5.41, 5.74) is 16.3. The highest BCUT2D eigenvalue weighted by Crippen LogP contribution is 2.27. The van der Waals surface area contributed by atoms with Crippen LogP contribution in [-0.4, -0.2) is 115 Å². The molecule has 4 aromatic carbocycles. The van der Waals surface area contributed by atoms with Crippen LogP contribution in [0.15, 0.2) is 122 Å². The third kappa shape index (κ3) is 11.3. The Balaban J connectivity index is 0.000000234. The Bertz CT molecular complexity index is 2360. The van der Waals surface area contributed by atoms with Gasteiger partial charge in [-0.15, -0.1) is 24.8 Å². The van der Waals surface area contributed by atoms with Crippen molar-refractivity contribution >= 4 is 60.1 Å². The molecule has 2 saturated heterocycles. The standard InChI is InChI=1S/2C23H25N5O3.2ClH/c2*1-26(18-9-11-27(12-10-18)19-5-7-20(29)8-6-19)23(31)28-14-21(25-15-28)16-3-2-4-17(13-16)22(24)30;;/h2*2-8,13-15,18,29H,9-12H2,1H3,(H2,24,30);2*1H. The van der Waals surface area contributed by atoms with Crippen LogP contribution in [0.4, 0.5) is 21.0 Å². The molecule has 2 aromatic heterocycles. The fraction of sp³-hybridized carbons (Fsp3) is 0.261. The van der Waals surface area contributed by atoms with Crippen LogP contribution >= 0.6 is 24.8 Å². The number of anilines is 2. The van der Waals surface area contributed by atoms with Crippen molar-refractivity contribution in [1.29, 1.82) is 0 Å². The number of primary amides is 2. The Labute approximate surface area is 383 Å². The number of benzene rings is 4. The molecular weight excluding hydrogens is 859 g/mol. The molecule has 0 spiro atoms. The molecule has 6 N–H and O–H groups in total. The summed E-state index contributed by atoms with van der Waals surface area (Å²) in [5.74, 6) is -0.499. The van der Waals surface area contributed by atoms with E-state index < -0.39 is 11.8 Å². The summed E-state index contributed by atoms with van der Waals surface area (Å²) in [7, 11) is 3.63. The number of amides is 4. The van der Waals surface area contributed by atoms with Gasteiger partial charge in [-0.25, -0.2) is 19.6 Å². The van der Waals surface area contributed by atoms with Gasteiger partial charge in [0, 0.05) is 98.4 Å². The van der Waals surface area contributed by atoms with Crippen LogP contribution in [0.1, 0.15) is 46.4 Å². The second-order valence-electron chi connectivity index (χ2n) is 15.5. The van der Waals surface area contributed by atoms with Crippen molar-refractivity contribution < 1.29 is 29.4 Å². The van der Waals surface area contributed by atoms with E-state index in [0.29, 0.717) is 22.5 Å². The van der Waals surface area contributed by atoms with Crippen LogP contribution in [0, 0.1) is 0 Å². The van der Waals surface area contributed by atoms with Gasteiger partial charge >= 0.3 is 12.1 Å². The number of imidazole rings is 2. The Morgan fingerprint density at radius 1 is 0.562 bits per heavy atom. The van der Waals surface area contributed by atoms with Gasteiger partial charge in [-0.3, -0.25) is 18.7 Å². The number of nitrogens with two attached hydrogens (primary N) is 2. The summed E-state index contributed by atoms with van der Waals surface area (Å²) in [6, 6.07) is 28.1. The van der Waals surface area contributed by atoms with Gasteiger partial charge in [0.2, 0.25) is 11.8 Å². The topological polar surface area (TPSA) is 209 Å². The smallest absolute Gasteiger partial charge is 0.329 e. The van der Waals surface area contributed by atoms with Gasteiger partial charge in [0.15, 0.2) is 0 Å². The molecule has 2 aliphatic rings. The Morgan fingerprint density at radius 2 is 0.906 bits per heavy atom. The van der Waals surface area contributed by atoms with Gasteiger partial charge in [0.05, 0.1) is 11.4 Å². The maximum absolute atomic E-state index is 13.0. The molecule has 0 bridgehead atoms. The Morgan fingerprint density at radius 3 is 1.23 bits per heavy atom. The van der Waals surface area contributed by atoms with E-state index in [4.69, 9.17) is 11.5 Å². The average molecular weight is 912 g/mol. The van der Waals surface area contributed by atoms with E-state index in [9.17, 15) is 29.4 Å². The Kier molecular flexibility index (Phi) is 16.0. The van der Waals surface area contributed by atoms with Crippen molar-refractivity contribution in [3.63, 3.8) is 0 Å². The first-order valence-electron chi connectivity index (χ1n) is 20.4. The third-order valence-electron chi connectivity index (χ3n) is 11.6. The maximum atomic E-state index is 13.0. The molecule has 4 heterocycles. The van der Waals surface area contributed by atoms with E-state index in [0.717, 1.165) is 74.4 Å². The number of carbonyl (C=O) groups is 4. The highest BCUT2D eigenvalue weighted by atomic mass is 35.5. The summed E-state index contributed by atoms with van der Waals surface area (Å²) in [4.78, 5) is 65.5. The molecular formula is C46H52Cl2N10O6. The third-order valence-corrected chi connectivity index (χ3v) is 11.6. The van der Waals surface area contributed by atoms with Gasteiger partial charge in [0.1, 0.15) is 24.2 Å². The lowest BCUT2D eigenvalue weighted by Gasteiger charge is -2.37. The average Bonchev–Trinajstić information content (AvgIpc) is 4.01. The van der Waals surface area contributed by atoms with Crippen molar-refractivity contribution in [2.75, 3.05) is 50.1 Å². The SMILES string of the molecule is CN(C(=O)n1cnc(-c2cccc(C(N)=O)c2)c1)C1CCN(c2ccc(O)cc2)CC1.CN(C(=O)n1cnc(-c2cccc(C(N)=O)c2)c1)C1CCN(c2ccc(O)cc2)CC1.Cl.Cl. The lowest BCUT2D eigenvalue weighted by atomic mass is 10.0. The number of hydrogen-bond donors (Lipinski definition) is 4. The fourth-order valence-electron chi connectivity index (χ4n) is 7.84. The summed E-state index contributed by atoms with van der Waals surface area (Å²) >= 11 is 0. The summed E-state index contributed by atoms with van der Waals surface area (Å²) in [6.45, 7) is 3.34. The molecule has 4 amide bonds. The number of aromatic nitrogens is 4. The molecule has 0 aliphatic carbocycles. The molecule has 6 aromatic rings. The van der Waals surface area contributed by atoms with E-state index >= 15 is 0 Å². The number of phenols is 2. The molecule has 0 radical (unpaired) electrons. The molecule has 0 atom stereocenters. The molecule has 0 saturated carbocycles. The van der Waals surface area contributed by atoms with Crippen molar-refractivity contribution in [3.05, 3.63) is 133 Å². The van der Waals surface area contributed by atoms with Crippen LogP contribution < -0.4 is 21.3 Å². The quantitative estimate of drug-likeness (QED) is 0.127. The van der Waals surface area contributed by atoms with Gasteiger partial charge in [0.25, 0.3) is 0 Å². The van der Waals surface area contributed by atoms with Crippen LogP contribution in [0.25, 0.3) is 22.5 Å². The normalized spacial score (nSPS) is 14.0. The minimum absolute atomic E-state index is 0. The van der Waals surface area contributed by atoms with Crippen molar-refractivity contribution in [1.82, 2.24) is 28.9 Å². The van der Waals surface area contributed by atoms with Crippen molar-refractivity contribution in [2.45, 2.75) is 37.8 Å². The number of phenolic OH excluding ortho intramolecular Hbond substituents is 2. The van der Waals surface area contributed by atoms with E-state index in [1.807, 2.05) is 50.5 Å². The number of halogens is 2. The number of aromatic hydroxyl groups is 2. The highest BCUT2D eigenvalue weighted by molar-refractivity contribution is 5.94. The Hall–Kier alpha value is -7.04. The van der Waals surface area contributed by atoms with E-state index in [1.54, 1.807) is 82.9 Å².